The molecule has 0 radical (unpaired) electrons. The number of carbonyl (C=O) groups excluding carboxylic acids is 3. The standard InChI is InChI=1S/C29H24N2O3S/c1-2-21-14-9-15-24-23(18-30(27(21)24)17-20-10-5-3-6-11-20)16-26-28(33)31(29(34)35-26)19-25(32)22-12-7-4-8-13-22/h3-16,18H,2,17,19H2,1H3/b26-16-. The summed E-state index contributed by atoms with van der Waals surface area (Å²) in [6.45, 7) is 2.57. The zero-order valence-electron chi connectivity index (χ0n) is 19.3. The summed E-state index contributed by atoms with van der Waals surface area (Å²) in [5.41, 5.74) is 4.89. The van der Waals surface area contributed by atoms with Crippen LogP contribution in [0.1, 0.15) is 34.0 Å². The Labute approximate surface area is 208 Å². The number of amides is 2. The highest BCUT2D eigenvalue weighted by atomic mass is 32.2. The molecule has 1 aliphatic heterocycles. The van der Waals surface area contributed by atoms with E-state index in [2.05, 4.69) is 29.7 Å². The molecular formula is C29H24N2O3S. The number of imide groups is 1. The van der Waals surface area contributed by atoms with Gasteiger partial charge in [0.15, 0.2) is 5.78 Å². The van der Waals surface area contributed by atoms with Gasteiger partial charge in [0.25, 0.3) is 11.1 Å². The van der Waals surface area contributed by atoms with Crippen molar-refractivity contribution in [3.8, 4) is 0 Å². The van der Waals surface area contributed by atoms with E-state index in [0.717, 1.165) is 39.5 Å². The molecule has 174 valence electrons. The van der Waals surface area contributed by atoms with Crippen molar-refractivity contribution in [3.05, 3.63) is 112 Å². The minimum Gasteiger partial charge on any atom is -0.342 e. The normalized spacial score (nSPS) is 14.9. The maximum absolute atomic E-state index is 13.1. The summed E-state index contributed by atoms with van der Waals surface area (Å²) < 4.78 is 2.21. The Morgan fingerprint density at radius 3 is 2.34 bits per heavy atom. The Morgan fingerprint density at radius 1 is 0.914 bits per heavy atom. The van der Waals surface area contributed by atoms with Crippen LogP contribution in [0.3, 0.4) is 0 Å². The maximum atomic E-state index is 13.1. The van der Waals surface area contributed by atoms with Crippen LogP contribution in [0, 0.1) is 0 Å². The number of carbonyl (C=O) groups is 3. The number of Topliss-reactive ketones (excluding diaryl/α,β-unsaturated/α-hetero) is 1. The fraction of sp³-hybridized carbons (Fsp3) is 0.138. The highest BCUT2D eigenvalue weighted by Crippen LogP contribution is 2.35. The van der Waals surface area contributed by atoms with Crippen LogP contribution in [0.4, 0.5) is 4.79 Å². The summed E-state index contributed by atoms with van der Waals surface area (Å²) in [5.74, 6) is -0.693. The molecule has 2 amide bonds. The average molecular weight is 481 g/mol. The summed E-state index contributed by atoms with van der Waals surface area (Å²) in [5, 5.41) is 0.611. The summed E-state index contributed by atoms with van der Waals surface area (Å²) in [6.07, 6.45) is 4.70. The van der Waals surface area contributed by atoms with Crippen molar-refractivity contribution in [1.82, 2.24) is 9.47 Å². The highest BCUT2D eigenvalue weighted by Gasteiger charge is 2.36. The smallest absolute Gasteiger partial charge is 0.293 e. The molecule has 5 nitrogen and oxygen atoms in total. The van der Waals surface area contributed by atoms with Crippen molar-refractivity contribution in [3.63, 3.8) is 0 Å². The van der Waals surface area contributed by atoms with E-state index < -0.39 is 11.1 Å². The molecule has 6 heteroatoms. The second kappa shape index (κ2) is 9.76. The lowest BCUT2D eigenvalue weighted by Gasteiger charge is -2.11. The predicted molar refractivity (Wildman–Crippen MR) is 140 cm³/mol. The molecule has 2 heterocycles. The van der Waals surface area contributed by atoms with E-state index in [0.29, 0.717) is 17.0 Å². The molecule has 0 N–H and O–H groups in total. The second-order valence-corrected chi connectivity index (χ2v) is 9.42. The number of hydrogen-bond acceptors (Lipinski definition) is 4. The van der Waals surface area contributed by atoms with Crippen LogP contribution in [0.15, 0.2) is 90.0 Å². The first kappa shape index (κ1) is 22.9. The third-order valence-corrected chi connectivity index (χ3v) is 7.05. The molecular weight excluding hydrogens is 456 g/mol. The van der Waals surface area contributed by atoms with Gasteiger partial charge in [-0.3, -0.25) is 19.3 Å². The Balaban J connectivity index is 1.48. The number of rotatable bonds is 7. The SMILES string of the molecule is CCc1cccc2c(/C=C3\SC(=O)N(CC(=O)c4ccccc4)C3=O)cn(Cc3ccccc3)c12. The van der Waals surface area contributed by atoms with Crippen molar-refractivity contribution in [2.75, 3.05) is 6.54 Å². The van der Waals surface area contributed by atoms with Crippen LogP contribution in [0.5, 0.6) is 0 Å². The third kappa shape index (κ3) is 4.57. The Bertz CT molecular complexity index is 1460. The first-order valence-corrected chi connectivity index (χ1v) is 12.3. The van der Waals surface area contributed by atoms with E-state index in [9.17, 15) is 14.4 Å². The lowest BCUT2D eigenvalue weighted by Crippen LogP contribution is -2.33. The van der Waals surface area contributed by atoms with Crippen LogP contribution >= 0.6 is 11.8 Å². The molecule has 0 spiro atoms. The van der Waals surface area contributed by atoms with E-state index in [1.54, 1.807) is 30.3 Å². The van der Waals surface area contributed by atoms with Gasteiger partial charge in [-0.25, -0.2) is 0 Å². The minimum absolute atomic E-state index is 0.262. The number of para-hydroxylation sites is 1. The number of aryl methyl sites for hydroxylation is 1. The topological polar surface area (TPSA) is 59.4 Å². The number of thioether (sulfide) groups is 1. The molecule has 35 heavy (non-hydrogen) atoms. The van der Waals surface area contributed by atoms with Crippen molar-refractivity contribution >= 4 is 45.7 Å². The molecule has 0 atom stereocenters. The van der Waals surface area contributed by atoms with Gasteiger partial charge in [-0.15, -0.1) is 0 Å². The van der Waals surface area contributed by atoms with Crippen LogP contribution in [0.2, 0.25) is 0 Å². The van der Waals surface area contributed by atoms with Crippen molar-refractivity contribution in [2.45, 2.75) is 19.9 Å². The molecule has 0 aliphatic carbocycles. The van der Waals surface area contributed by atoms with Crippen LogP contribution < -0.4 is 0 Å². The van der Waals surface area contributed by atoms with Gasteiger partial charge in [-0.1, -0.05) is 85.8 Å². The number of fused-ring (bicyclic) bond motifs is 1. The van der Waals surface area contributed by atoms with Gasteiger partial charge in [0.1, 0.15) is 0 Å². The molecule has 1 saturated heterocycles. The van der Waals surface area contributed by atoms with Gasteiger partial charge in [0.05, 0.1) is 17.0 Å². The summed E-state index contributed by atoms with van der Waals surface area (Å²) in [7, 11) is 0. The van der Waals surface area contributed by atoms with Crippen molar-refractivity contribution in [1.29, 1.82) is 0 Å². The monoisotopic (exact) mass is 480 g/mol. The summed E-state index contributed by atoms with van der Waals surface area (Å²) in [6, 6.07) is 25.1. The van der Waals surface area contributed by atoms with Crippen LogP contribution in [-0.2, 0) is 17.8 Å². The van der Waals surface area contributed by atoms with Gasteiger partial charge in [0.2, 0.25) is 0 Å². The lowest BCUT2D eigenvalue weighted by atomic mass is 10.1. The molecule has 1 fully saturated rings. The quantitative estimate of drug-likeness (QED) is 0.234. The maximum Gasteiger partial charge on any atom is 0.293 e. The lowest BCUT2D eigenvalue weighted by molar-refractivity contribution is -0.122. The number of nitrogens with zero attached hydrogens (tertiary/aromatic N) is 2. The van der Waals surface area contributed by atoms with Crippen LogP contribution in [0.25, 0.3) is 17.0 Å². The van der Waals surface area contributed by atoms with Crippen LogP contribution in [-0.4, -0.2) is 32.9 Å². The van der Waals surface area contributed by atoms with Gasteiger partial charge < -0.3 is 4.57 Å². The van der Waals surface area contributed by atoms with Crippen molar-refractivity contribution in [2.24, 2.45) is 0 Å². The first-order chi connectivity index (χ1) is 17.0. The Morgan fingerprint density at radius 2 is 1.63 bits per heavy atom. The Kier molecular flexibility index (Phi) is 6.38. The number of ketones is 1. The van der Waals surface area contributed by atoms with Gasteiger partial charge in [-0.05, 0) is 35.4 Å². The third-order valence-electron chi connectivity index (χ3n) is 6.15. The minimum atomic E-state index is -0.431. The van der Waals surface area contributed by atoms with E-state index in [-0.39, 0.29) is 12.3 Å². The molecule has 3 aromatic carbocycles. The number of aromatic nitrogens is 1. The van der Waals surface area contributed by atoms with Crippen molar-refractivity contribution < 1.29 is 14.4 Å². The number of benzene rings is 3. The molecule has 1 aromatic heterocycles. The van der Waals surface area contributed by atoms with Gasteiger partial charge in [0, 0.05) is 29.3 Å². The zero-order chi connectivity index (χ0) is 24.4. The molecule has 4 aromatic rings. The van der Waals surface area contributed by atoms with Gasteiger partial charge in [-0.2, -0.15) is 0 Å². The van der Waals surface area contributed by atoms with E-state index in [1.807, 2.05) is 42.6 Å². The highest BCUT2D eigenvalue weighted by molar-refractivity contribution is 8.18. The average Bonchev–Trinajstić information content (AvgIpc) is 3.36. The molecule has 0 unspecified atom stereocenters. The van der Waals surface area contributed by atoms with Gasteiger partial charge >= 0.3 is 0 Å². The Hall–Kier alpha value is -3.90. The molecule has 1 aliphatic rings. The van der Waals surface area contributed by atoms with E-state index >= 15 is 0 Å². The van der Waals surface area contributed by atoms with E-state index in [1.165, 1.54) is 11.1 Å². The largest absolute Gasteiger partial charge is 0.342 e. The fourth-order valence-corrected chi connectivity index (χ4v) is 5.24. The summed E-state index contributed by atoms with van der Waals surface area (Å²) >= 11 is 0.883. The van der Waals surface area contributed by atoms with E-state index in [4.69, 9.17) is 0 Å². The first-order valence-electron chi connectivity index (χ1n) is 11.5. The second-order valence-electron chi connectivity index (χ2n) is 8.42. The summed E-state index contributed by atoms with van der Waals surface area (Å²) in [4.78, 5) is 39.7. The fourth-order valence-electron chi connectivity index (χ4n) is 4.41. The molecule has 0 bridgehead atoms. The predicted octanol–water partition coefficient (Wildman–Crippen LogP) is 6.17. The molecule has 0 saturated carbocycles. The molecule has 5 rings (SSSR count). The number of hydrogen-bond donors (Lipinski definition) is 0. The zero-order valence-corrected chi connectivity index (χ0v) is 20.1.